The summed E-state index contributed by atoms with van der Waals surface area (Å²) < 4.78 is 17.5. The van der Waals surface area contributed by atoms with Gasteiger partial charge in [-0.15, -0.1) is 0 Å². The van der Waals surface area contributed by atoms with Gasteiger partial charge in [-0.25, -0.2) is 15.2 Å². The second-order valence-corrected chi connectivity index (χ2v) is 10.3. The van der Waals surface area contributed by atoms with Gasteiger partial charge in [0.15, 0.2) is 11.5 Å². The molecule has 43 heavy (non-hydrogen) atoms. The first-order chi connectivity index (χ1) is 21.0. The highest BCUT2D eigenvalue weighted by Crippen LogP contribution is 2.35. The third-order valence-electron chi connectivity index (χ3n) is 6.52. The number of hydrogen-bond donors (Lipinski definition) is 1. The number of aromatic nitrogens is 1. The van der Waals surface area contributed by atoms with Crippen molar-refractivity contribution in [3.63, 3.8) is 0 Å². The molecule has 1 N–H and O–H groups in total. The Kier molecular flexibility index (Phi) is 9.43. The van der Waals surface area contributed by atoms with Gasteiger partial charge in [0.25, 0.3) is 5.91 Å². The average molecular weight is 639 g/mol. The van der Waals surface area contributed by atoms with Crippen molar-refractivity contribution in [3.8, 4) is 22.8 Å². The molecule has 1 amide bonds. The Labute approximate surface area is 257 Å². The summed E-state index contributed by atoms with van der Waals surface area (Å²) in [7, 11) is 1.55. The average Bonchev–Trinajstić information content (AvgIpc) is 3.04. The van der Waals surface area contributed by atoms with Gasteiger partial charge in [0.2, 0.25) is 0 Å². The van der Waals surface area contributed by atoms with E-state index in [-0.39, 0.29) is 18.5 Å². The van der Waals surface area contributed by atoms with Gasteiger partial charge in [-0.3, -0.25) is 4.79 Å². The molecule has 0 bridgehead atoms. The zero-order valence-corrected chi connectivity index (χ0v) is 25.1. The topological polar surface area (TPSA) is 99.1 Å². The highest BCUT2D eigenvalue weighted by atomic mass is 79.9. The maximum absolute atomic E-state index is 13.4. The third-order valence-corrected chi connectivity index (χ3v) is 6.97. The van der Waals surface area contributed by atoms with Crippen LogP contribution >= 0.6 is 15.9 Å². The number of fused-ring (bicyclic) bond motifs is 1. The maximum Gasteiger partial charge on any atom is 0.338 e. The molecule has 0 saturated heterocycles. The normalized spacial score (nSPS) is 11.0. The molecule has 9 heteroatoms. The Hall–Kier alpha value is -5.02. The van der Waals surface area contributed by atoms with Crippen LogP contribution in [0.3, 0.4) is 0 Å². The first kappa shape index (κ1) is 29.5. The van der Waals surface area contributed by atoms with Crippen molar-refractivity contribution in [2.45, 2.75) is 13.5 Å². The first-order valence-electron chi connectivity index (χ1n) is 13.5. The molecule has 0 saturated carbocycles. The Morgan fingerprint density at radius 1 is 0.953 bits per heavy atom. The summed E-state index contributed by atoms with van der Waals surface area (Å²) in [5, 5.41) is 4.97. The van der Waals surface area contributed by atoms with Gasteiger partial charge in [-0.2, -0.15) is 5.10 Å². The number of carbonyl (C=O) groups is 2. The molecule has 4 aromatic carbocycles. The fraction of sp³-hybridized carbons (Fsp3) is 0.118. The van der Waals surface area contributed by atoms with E-state index in [4.69, 9.17) is 19.2 Å². The number of pyridine rings is 1. The summed E-state index contributed by atoms with van der Waals surface area (Å²) in [6.07, 6.45) is 1.51. The highest BCUT2D eigenvalue weighted by molar-refractivity contribution is 9.10. The van der Waals surface area contributed by atoms with Crippen LogP contribution in [-0.4, -0.2) is 36.8 Å². The number of methoxy groups -OCH3 is 1. The van der Waals surface area contributed by atoms with E-state index in [0.29, 0.717) is 46.0 Å². The maximum atomic E-state index is 13.4. The second-order valence-electron chi connectivity index (χ2n) is 9.37. The van der Waals surface area contributed by atoms with Crippen LogP contribution in [0.25, 0.3) is 22.2 Å². The number of carbonyl (C=O) groups excluding carboxylic acids is 2. The predicted molar refractivity (Wildman–Crippen MR) is 170 cm³/mol. The molecule has 5 aromatic rings. The van der Waals surface area contributed by atoms with E-state index >= 15 is 0 Å². The molecule has 0 fully saturated rings. The monoisotopic (exact) mass is 637 g/mol. The van der Waals surface area contributed by atoms with E-state index < -0.39 is 0 Å². The zero-order chi connectivity index (χ0) is 30.2. The molecule has 0 spiro atoms. The molecule has 1 aromatic heterocycles. The number of esters is 1. The van der Waals surface area contributed by atoms with Crippen molar-refractivity contribution in [3.05, 3.63) is 124 Å². The summed E-state index contributed by atoms with van der Waals surface area (Å²) in [6.45, 7) is 2.28. The molecule has 0 unspecified atom stereocenters. The number of ether oxygens (including phenoxy) is 3. The first-order valence-corrected chi connectivity index (χ1v) is 14.3. The minimum Gasteiger partial charge on any atom is -0.493 e. The number of nitrogens with zero attached hydrogens (tertiary/aromatic N) is 2. The number of halogens is 1. The minimum atomic E-state index is -0.377. The van der Waals surface area contributed by atoms with Gasteiger partial charge in [0, 0.05) is 21.0 Å². The van der Waals surface area contributed by atoms with E-state index in [0.717, 1.165) is 21.0 Å². The van der Waals surface area contributed by atoms with Crippen LogP contribution in [0.2, 0.25) is 0 Å². The van der Waals surface area contributed by atoms with Crippen LogP contribution in [-0.2, 0) is 11.3 Å². The SMILES string of the molecule is CCOC(=O)c1ccc(COc2c(/C=N\NC(=O)c3cc(-c4ccccc4)nc4ccccc34)cc(Br)cc2OC)cc1. The lowest BCUT2D eigenvalue weighted by Gasteiger charge is -2.14. The van der Waals surface area contributed by atoms with Crippen LogP contribution in [0.5, 0.6) is 11.5 Å². The summed E-state index contributed by atoms with van der Waals surface area (Å²) in [5.74, 6) is 0.177. The Morgan fingerprint density at radius 2 is 1.70 bits per heavy atom. The molecule has 1 heterocycles. The van der Waals surface area contributed by atoms with Gasteiger partial charge < -0.3 is 14.2 Å². The lowest BCUT2D eigenvalue weighted by molar-refractivity contribution is 0.0526. The lowest BCUT2D eigenvalue weighted by Crippen LogP contribution is -2.18. The summed E-state index contributed by atoms with van der Waals surface area (Å²) in [5.41, 5.74) is 7.30. The largest absolute Gasteiger partial charge is 0.493 e. The van der Waals surface area contributed by atoms with Gasteiger partial charge in [0.05, 0.1) is 42.3 Å². The number of hydrazone groups is 1. The molecule has 216 valence electrons. The van der Waals surface area contributed by atoms with Gasteiger partial charge in [0.1, 0.15) is 6.61 Å². The fourth-order valence-corrected chi connectivity index (χ4v) is 4.89. The van der Waals surface area contributed by atoms with Gasteiger partial charge in [-0.05, 0) is 48.9 Å². The molecular weight excluding hydrogens is 610 g/mol. The highest BCUT2D eigenvalue weighted by Gasteiger charge is 2.15. The fourth-order valence-electron chi connectivity index (χ4n) is 4.44. The van der Waals surface area contributed by atoms with Gasteiger partial charge >= 0.3 is 5.97 Å². The quantitative estimate of drug-likeness (QED) is 0.0988. The number of hydrogen-bond acceptors (Lipinski definition) is 7. The van der Waals surface area contributed by atoms with Crippen molar-refractivity contribution < 1.29 is 23.8 Å². The summed E-state index contributed by atoms with van der Waals surface area (Å²) in [6, 6.07) is 29.6. The van der Waals surface area contributed by atoms with Crippen LogP contribution < -0.4 is 14.9 Å². The van der Waals surface area contributed by atoms with Crippen molar-refractivity contribution in [2.24, 2.45) is 5.10 Å². The Bertz CT molecular complexity index is 1790. The van der Waals surface area contributed by atoms with Crippen LogP contribution in [0.4, 0.5) is 0 Å². The van der Waals surface area contributed by atoms with E-state index in [1.807, 2.05) is 60.7 Å². The van der Waals surface area contributed by atoms with Crippen molar-refractivity contribution in [1.82, 2.24) is 10.4 Å². The van der Waals surface area contributed by atoms with Crippen molar-refractivity contribution >= 4 is 44.9 Å². The molecule has 0 aliphatic heterocycles. The van der Waals surface area contributed by atoms with E-state index in [2.05, 4.69) is 26.5 Å². The molecule has 0 radical (unpaired) electrons. The number of amides is 1. The number of rotatable bonds is 10. The van der Waals surface area contributed by atoms with Crippen LogP contribution in [0, 0.1) is 0 Å². The van der Waals surface area contributed by atoms with Gasteiger partial charge in [-0.1, -0.05) is 76.6 Å². The molecule has 0 atom stereocenters. The standard InChI is InChI=1S/C34H28BrN3O5/c1-3-42-34(40)24-15-13-22(14-16-24)21-43-32-25(17-26(35)18-31(32)41-2)20-36-38-33(39)28-19-30(23-9-5-4-6-10-23)37-29-12-8-7-11-27(28)29/h4-20H,3,21H2,1-2H3,(H,38,39)/b36-20-. The third kappa shape index (κ3) is 7.07. The van der Waals surface area contributed by atoms with Crippen molar-refractivity contribution in [1.29, 1.82) is 0 Å². The second kappa shape index (κ2) is 13.8. The molecule has 5 rings (SSSR count). The summed E-state index contributed by atoms with van der Waals surface area (Å²) >= 11 is 3.50. The van der Waals surface area contributed by atoms with Crippen molar-refractivity contribution in [2.75, 3.05) is 13.7 Å². The Morgan fingerprint density at radius 3 is 2.44 bits per heavy atom. The predicted octanol–water partition coefficient (Wildman–Crippen LogP) is 7.19. The van der Waals surface area contributed by atoms with E-state index in [1.165, 1.54) is 6.21 Å². The van der Waals surface area contributed by atoms with E-state index in [9.17, 15) is 9.59 Å². The van der Waals surface area contributed by atoms with E-state index in [1.54, 1.807) is 50.4 Å². The molecule has 0 aliphatic carbocycles. The Balaban J connectivity index is 1.37. The number of nitrogens with one attached hydrogen (secondary N) is 1. The number of para-hydroxylation sites is 1. The minimum absolute atomic E-state index is 0.208. The van der Waals surface area contributed by atoms with Crippen LogP contribution in [0.15, 0.2) is 107 Å². The summed E-state index contributed by atoms with van der Waals surface area (Å²) in [4.78, 5) is 30.1. The van der Waals surface area contributed by atoms with Crippen LogP contribution in [0.1, 0.15) is 38.8 Å². The zero-order valence-electron chi connectivity index (χ0n) is 23.5. The molecule has 8 nitrogen and oxygen atoms in total. The smallest absolute Gasteiger partial charge is 0.338 e. The lowest BCUT2D eigenvalue weighted by atomic mass is 10.0. The molecule has 0 aliphatic rings. The number of benzene rings is 4. The molecular formula is C34H28BrN3O5.